The van der Waals surface area contributed by atoms with E-state index in [2.05, 4.69) is 36.0 Å². The van der Waals surface area contributed by atoms with Crippen LogP contribution in [0.3, 0.4) is 0 Å². The Morgan fingerprint density at radius 1 is 1.26 bits per heavy atom. The minimum atomic E-state index is -0.358. The third-order valence-corrected chi connectivity index (χ3v) is 3.61. The molecule has 1 rings (SSSR count). The molecular formula is C14H30N4O. The molecule has 0 spiro atoms. The van der Waals surface area contributed by atoms with Crippen molar-refractivity contribution >= 4 is 5.91 Å². The van der Waals surface area contributed by atoms with Crippen LogP contribution in [0.2, 0.25) is 0 Å². The lowest BCUT2D eigenvalue weighted by Gasteiger charge is -2.32. The molecule has 1 aliphatic heterocycles. The van der Waals surface area contributed by atoms with Crippen LogP contribution in [0.4, 0.5) is 0 Å². The number of nitrogens with zero attached hydrogens (tertiary/aromatic N) is 2. The third kappa shape index (κ3) is 6.89. The van der Waals surface area contributed by atoms with Gasteiger partial charge in [0.05, 0.1) is 6.04 Å². The topological polar surface area (TPSA) is 61.6 Å². The van der Waals surface area contributed by atoms with Gasteiger partial charge in [-0.05, 0) is 32.4 Å². The fourth-order valence-electron chi connectivity index (χ4n) is 2.33. The maximum atomic E-state index is 11.7. The standard InChI is InChI=1S/C14H30N4O/c1-12(2)11-13(15)14(19)16-5-4-6-18-9-7-17(3)8-10-18/h12-13H,4-11,15H2,1-3H3,(H,16,19). The van der Waals surface area contributed by atoms with E-state index < -0.39 is 0 Å². The quantitative estimate of drug-likeness (QED) is 0.645. The number of nitrogens with one attached hydrogen (secondary N) is 1. The summed E-state index contributed by atoms with van der Waals surface area (Å²) < 4.78 is 0. The van der Waals surface area contributed by atoms with Crippen LogP contribution in [0.15, 0.2) is 0 Å². The molecule has 1 amide bonds. The predicted molar refractivity (Wildman–Crippen MR) is 79.0 cm³/mol. The number of piperazine rings is 1. The molecular weight excluding hydrogens is 240 g/mol. The van der Waals surface area contributed by atoms with E-state index in [0.29, 0.717) is 5.92 Å². The Morgan fingerprint density at radius 3 is 2.47 bits per heavy atom. The van der Waals surface area contributed by atoms with E-state index in [0.717, 1.165) is 52.1 Å². The van der Waals surface area contributed by atoms with E-state index >= 15 is 0 Å². The van der Waals surface area contributed by atoms with Crippen LogP contribution in [-0.4, -0.2) is 68.1 Å². The van der Waals surface area contributed by atoms with Crippen molar-refractivity contribution in [3.8, 4) is 0 Å². The summed E-state index contributed by atoms with van der Waals surface area (Å²) in [5, 5.41) is 2.94. The Hall–Kier alpha value is -0.650. The average Bonchev–Trinajstić information content (AvgIpc) is 2.35. The van der Waals surface area contributed by atoms with Crippen molar-refractivity contribution in [2.45, 2.75) is 32.7 Å². The molecule has 5 nitrogen and oxygen atoms in total. The number of rotatable bonds is 7. The van der Waals surface area contributed by atoms with Gasteiger partial charge in [0, 0.05) is 32.7 Å². The molecule has 1 saturated heterocycles. The number of carbonyl (C=O) groups is 1. The van der Waals surface area contributed by atoms with Crippen molar-refractivity contribution in [3.63, 3.8) is 0 Å². The second-order valence-electron chi connectivity index (χ2n) is 6.03. The summed E-state index contributed by atoms with van der Waals surface area (Å²) in [7, 11) is 2.16. The van der Waals surface area contributed by atoms with Crippen molar-refractivity contribution in [3.05, 3.63) is 0 Å². The molecule has 0 aromatic heterocycles. The molecule has 1 unspecified atom stereocenters. The fourth-order valence-corrected chi connectivity index (χ4v) is 2.33. The number of likely N-dealkylation sites (N-methyl/N-ethyl adjacent to an activating group) is 1. The summed E-state index contributed by atoms with van der Waals surface area (Å²) in [6.45, 7) is 10.5. The Kier molecular flexibility index (Phi) is 7.34. The Balaban J connectivity index is 2.05. The first-order valence-corrected chi connectivity index (χ1v) is 7.43. The van der Waals surface area contributed by atoms with Gasteiger partial charge in [0.15, 0.2) is 0 Å². The van der Waals surface area contributed by atoms with Gasteiger partial charge in [0.2, 0.25) is 5.91 Å². The SMILES string of the molecule is CC(C)CC(N)C(=O)NCCCN1CCN(C)CC1. The van der Waals surface area contributed by atoms with Crippen LogP contribution in [0.25, 0.3) is 0 Å². The van der Waals surface area contributed by atoms with Crippen LogP contribution in [0, 0.1) is 5.92 Å². The summed E-state index contributed by atoms with van der Waals surface area (Å²) in [4.78, 5) is 16.5. The van der Waals surface area contributed by atoms with E-state index in [4.69, 9.17) is 5.73 Å². The summed E-state index contributed by atoms with van der Waals surface area (Å²) in [5.74, 6) is 0.457. The molecule has 1 aliphatic rings. The maximum absolute atomic E-state index is 11.7. The summed E-state index contributed by atoms with van der Waals surface area (Å²) in [5.41, 5.74) is 5.83. The average molecular weight is 270 g/mol. The highest BCUT2D eigenvalue weighted by Gasteiger charge is 2.15. The Bertz CT molecular complexity index is 262. The molecule has 0 saturated carbocycles. The minimum absolute atomic E-state index is 0.00734. The van der Waals surface area contributed by atoms with Crippen molar-refractivity contribution in [2.75, 3.05) is 46.3 Å². The van der Waals surface area contributed by atoms with Gasteiger partial charge in [-0.1, -0.05) is 13.8 Å². The van der Waals surface area contributed by atoms with Crippen LogP contribution in [0.5, 0.6) is 0 Å². The van der Waals surface area contributed by atoms with Gasteiger partial charge < -0.3 is 20.9 Å². The van der Waals surface area contributed by atoms with E-state index in [9.17, 15) is 4.79 Å². The number of amides is 1. The van der Waals surface area contributed by atoms with Gasteiger partial charge >= 0.3 is 0 Å². The number of carbonyl (C=O) groups excluding carboxylic acids is 1. The largest absolute Gasteiger partial charge is 0.355 e. The van der Waals surface area contributed by atoms with Crippen molar-refractivity contribution in [1.82, 2.24) is 15.1 Å². The molecule has 5 heteroatoms. The molecule has 112 valence electrons. The van der Waals surface area contributed by atoms with E-state index in [1.165, 1.54) is 0 Å². The molecule has 0 aliphatic carbocycles. The third-order valence-electron chi connectivity index (χ3n) is 3.61. The highest BCUT2D eigenvalue weighted by Crippen LogP contribution is 2.03. The summed E-state index contributed by atoms with van der Waals surface area (Å²) in [6.07, 6.45) is 1.76. The fraction of sp³-hybridized carbons (Fsp3) is 0.929. The first-order chi connectivity index (χ1) is 8.99. The molecule has 1 fully saturated rings. The first-order valence-electron chi connectivity index (χ1n) is 7.43. The van der Waals surface area contributed by atoms with Crippen molar-refractivity contribution in [1.29, 1.82) is 0 Å². The van der Waals surface area contributed by atoms with Gasteiger partial charge in [-0.3, -0.25) is 4.79 Å². The highest BCUT2D eigenvalue weighted by molar-refractivity contribution is 5.81. The zero-order valence-electron chi connectivity index (χ0n) is 12.7. The summed E-state index contributed by atoms with van der Waals surface area (Å²) >= 11 is 0. The highest BCUT2D eigenvalue weighted by atomic mass is 16.2. The van der Waals surface area contributed by atoms with Gasteiger partial charge in [-0.15, -0.1) is 0 Å². The lowest BCUT2D eigenvalue weighted by molar-refractivity contribution is -0.122. The van der Waals surface area contributed by atoms with Crippen LogP contribution in [0.1, 0.15) is 26.7 Å². The van der Waals surface area contributed by atoms with Gasteiger partial charge in [-0.2, -0.15) is 0 Å². The van der Waals surface area contributed by atoms with E-state index in [1.807, 2.05) is 0 Å². The number of hydrogen-bond donors (Lipinski definition) is 2. The van der Waals surface area contributed by atoms with Gasteiger partial charge in [0.25, 0.3) is 0 Å². The van der Waals surface area contributed by atoms with E-state index in [-0.39, 0.29) is 11.9 Å². The molecule has 19 heavy (non-hydrogen) atoms. The lowest BCUT2D eigenvalue weighted by atomic mass is 10.0. The van der Waals surface area contributed by atoms with E-state index in [1.54, 1.807) is 0 Å². The van der Waals surface area contributed by atoms with Crippen molar-refractivity contribution < 1.29 is 4.79 Å². The lowest BCUT2D eigenvalue weighted by Crippen LogP contribution is -2.46. The molecule has 0 bridgehead atoms. The minimum Gasteiger partial charge on any atom is -0.355 e. The molecule has 1 atom stereocenters. The van der Waals surface area contributed by atoms with Crippen LogP contribution >= 0.6 is 0 Å². The first kappa shape index (κ1) is 16.4. The van der Waals surface area contributed by atoms with Gasteiger partial charge in [-0.25, -0.2) is 0 Å². The predicted octanol–water partition coefficient (Wildman–Crippen LogP) is 0.114. The van der Waals surface area contributed by atoms with Crippen LogP contribution in [-0.2, 0) is 4.79 Å². The Morgan fingerprint density at radius 2 is 1.89 bits per heavy atom. The number of nitrogens with two attached hydrogens (primary N) is 1. The second-order valence-corrected chi connectivity index (χ2v) is 6.03. The second kappa shape index (κ2) is 8.51. The smallest absolute Gasteiger partial charge is 0.236 e. The molecule has 1 heterocycles. The number of hydrogen-bond acceptors (Lipinski definition) is 4. The van der Waals surface area contributed by atoms with Crippen molar-refractivity contribution in [2.24, 2.45) is 11.7 Å². The zero-order valence-corrected chi connectivity index (χ0v) is 12.7. The maximum Gasteiger partial charge on any atom is 0.236 e. The monoisotopic (exact) mass is 270 g/mol. The van der Waals surface area contributed by atoms with Gasteiger partial charge in [0.1, 0.15) is 0 Å². The summed E-state index contributed by atoms with van der Waals surface area (Å²) in [6, 6.07) is -0.358. The molecule has 0 radical (unpaired) electrons. The van der Waals surface area contributed by atoms with Crippen LogP contribution < -0.4 is 11.1 Å². The molecule has 0 aromatic carbocycles. The normalized spacial score (nSPS) is 19.6. The Labute approximate surface area is 117 Å². The molecule has 3 N–H and O–H groups in total. The zero-order chi connectivity index (χ0) is 14.3. The molecule has 0 aromatic rings.